The number of hydrogen-bond acceptors (Lipinski definition) is 1. The summed E-state index contributed by atoms with van der Waals surface area (Å²) in [5, 5.41) is 3.72. The van der Waals surface area contributed by atoms with E-state index < -0.39 is 17.7 Å². The Morgan fingerprint density at radius 2 is 1.93 bits per heavy atom. The van der Waals surface area contributed by atoms with E-state index in [1.807, 2.05) is 31.2 Å². The van der Waals surface area contributed by atoms with Gasteiger partial charge in [-0.3, -0.25) is 4.79 Å². The van der Waals surface area contributed by atoms with E-state index in [1.165, 1.54) is 6.07 Å². The molecular formula is C21H21F3N2O. The van der Waals surface area contributed by atoms with Gasteiger partial charge in [0.1, 0.15) is 0 Å². The largest absolute Gasteiger partial charge is 0.416 e. The van der Waals surface area contributed by atoms with Gasteiger partial charge in [0.2, 0.25) is 5.91 Å². The van der Waals surface area contributed by atoms with Gasteiger partial charge in [-0.1, -0.05) is 43.3 Å². The fraction of sp³-hybridized carbons (Fsp3) is 0.286. The van der Waals surface area contributed by atoms with Crippen molar-refractivity contribution in [2.24, 2.45) is 0 Å². The molecule has 0 fully saturated rings. The highest BCUT2D eigenvalue weighted by Gasteiger charge is 2.31. The predicted molar refractivity (Wildman–Crippen MR) is 99.5 cm³/mol. The molecule has 2 aromatic carbocycles. The summed E-state index contributed by atoms with van der Waals surface area (Å²) in [5.41, 5.74) is 1.47. The van der Waals surface area contributed by atoms with Crippen molar-refractivity contribution in [1.82, 2.24) is 10.3 Å². The maximum atomic E-state index is 13.2. The van der Waals surface area contributed by atoms with Gasteiger partial charge in [0, 0.05) is 36.0 Å². The van der Waals surface area contributed by atoms with Crippen molar-refractivity contribution >= 4 is 16.8 Å². The highest BCUT2D eigenvalue weighted by atomic mass is 19.4. The number of alkyl halides is 3. The van der Waals surface area contributed by atoms with Gasteiger partial charge < -0.3 is 10.3 Å². The van der Waals surface area contributed by atoms with Crippen LogP contribution in [0.4, 0.5) is 13.2 Å². The summed E-state index contributed by atoms with van der Waals surface area (Å²) in [6, 6.07) is 12.8. The quantitative estimate of drug-likeness (QED) is 0.609. The zero-order valence-corrected chi connectivity index (χ0v) is 14.9. The number of rotatable bonds is 6. The minimum atomic E-state index is -4.43. The smallest absolute Gasteiger partial charge is 0.361 e. The van der Waals surface area contributed by atoms with Crippen LogP contribution in [0.3, 0.4) is 0 Å². The second kappa shape index (κ2) is 7.86. The molecule has 2 N–H and O–H groups in total. The summed E-state index contributed by atoms with van der Waals surface area (Å²) in [7, 11) is 0. The standard InChI is InChI=1S/C21H21F3N2O/c1-2-10-25-20(27)12-17(14-6-5-7-15(11-14)21(22,23)24)18-13-26-19-9-4-3-8-16(18)19/h3-9,11,13,17,26H,2,10,12H2,1H3,(H,25,27)/t17-/m0/s1. The van der Waals surface area contributed by atoms with Crippen LogP contribution in [-0.4, -0.2) is 17.4 Å². The van der Waals surface area contributed by atoms with Gasteiger partial charge in [-0.2, -0.15) is 13.2 Å². The number of halogens is 3. The Kier molecular flexibility index (Phi) is 5.54. The summed E-state index contributed by atoms with van der Waals surface area (Å²) in [5.74, 6) is -0.648. The Morgan fingerprint density at radius 3 is 2.67 bits per heavy atom. The lowest BCUT2D eigenvalue weighted by atomic mass is 9.87. The molecule has 6 heteroatoms. The number of carbonyl (C=O) groups excluding carboxylic acids is 1. The van der Waals surface area contributed by atoms with Crippen molar-refractivity contribution in [3.63, 3.8) is 0 Å². The summed E-state index contributed by atoms with van der Waals surface area (Å²) >= 11 is 0. The third kappa shape index (κ3) is 4.32. The monoisotopic (exact) mass is 374 g/mol. The Hall–Kier alpha value is -2.76. The molecule has 142 valence electrons. The highest BCUT2D eigenvalue weighted by molar-refractivity contribution is 5.86. The van der Waals surface area contributed by atoms with Crippen molar-refractivity contribution in [1.29, 1.82) is 0 Å². The molecular weight excluding hydrogens is 353 g/mol. The summed E-state index contributed by atoms with van der Waals surface area (Å²) in [4.78, 5) is 15.5. The Morgan fingerprint density at radius 1 is 1.15 bits per heavy atom. The zero-order valence-electron chi connectivity index (χ0n) is 14.9. The van der Waals surface area contributed by atoms with Crippen LogP contribution in [0.25, 0.3) is 10.9 Å². The predicted octanol–water partition coefficient (Wildman–Crippen LogP) is 5.23. The second-order valence-corrected chi connectivity index (χ2v) is 6.52. The lowest BCUT2D eigenvalue weighted by Crippen LogP contribution is -2.26. The maximum Gasteiger partial charge on any atom is 0.416 e. The number of fused-ring (bicyclic) bond motifs is 1. The third-order valence-corrected chi connectivity index (χ3v) is 4.57. The molecule has 0 aliphatic rings. The van der Waals surface area contributed by atoms with E-state index in [2.05, 4.69) is 10.3 Å². The number of para-hydroxylation sites is 1. The molecule has 1 heterocycles. The van der Waals surface area contributed by atoms with Crippen molar-refractivity contribution in [3.05, 3.63) is 71.4 Å². The van der Waals surface area contributed by atoms with Gasteiger partial charge >= 0.3 is 6.18 Å². The Labute approximate surface area is 155 Å². The molecule has 0 radical (unpaired) electrons. The van der Waals surface area contributed by atoms with Gasteiger partial charge in [-0.05, 0) is 29.7 Å². The van der Waals surface area contributed by atoms with Gasteiger partial charge in [0.05, 0.1) is 5.56 Å². The van der Waals surface area contributed by atoms with Crippen LogP contribution in [-0.2, 0) is 11.0 Å². The fourth-order valence-corrected chi connectivity index (χ4v) is 3.24. The first-order valence-electron chi connectivity index (χ1n) is 8.90. The number of hydrogen-bond donors (Lipinski definition) is 2. The number of aromatic amines is 1. The number of benzene rings is 2. The molecule has 3 aromatic rings. The first-order valence-corrected chi connectivity index (χ1v) is 8.90. The Balaban J connectivity index is 2.04. The second-order valence-electron chi connectivity index (χ2n) is 6.52. The van der Waals surface area contributed by atoms with Crippen LogP contribution in [0.5, 0.6) is 0 Å². The van der Waals surface area contributed by atoms with E-state index in [4.69, 9.17) is 0 Å². The molecule has 1 amide bonds. The average Bonchev–Trinajstić information content (AvgIpc) is 3.08. The van der Waals surface area contributed by atoms with Crippen LogP contribution in [0.2, 0.25) is 0 Å². The lowest BCUT2D eigenvalue weighted by molar-refractivity contribution is -0.137. The average molecular weight is 374 g/mol. The minimum Gasteiger partial charge on any atom is -0.361 e. The third-order valence-electron chi connectivity index (χ3n) is 4.57. The number of H-pyrrole nitrogens is 1. The van der Waals surface area contributed by atoms with Crippen molar-refractivity contribution in [3.8, 4) is 0 Å². The van der Waals surface area contributed by atoms with Crippen LogP contribution >= 0.6 is 0 Å². The van der Waals surface area contributed by atoms with Crippen molar-refractivity contribution in [2.45, 2.75) is 31.9 Å². The molecule has 0 bridgehead atoms. The molecule has 3 rings (SSSR count). The molecule has 0 saturated heterocycles. The first kappa shape index (κ1) is 19.0. The fourth-order valence-electron chi connectivity index (χ4n) is 3.24. The van der Waals surface area contributed by atoms with Crippen LogP contribution in [0.15, 0.2) is 54.7 Å². The molecule has 27 heavy (non-hydrogen) atoms. The SMILES string of the molecule is CCCNC(=O)C[C@@H](c1cccc(C(F)(F)F)c1)c1c[nH]c2ccccc12. The molecule has 0 aliphatic heterocycles. The van der Waals surface area contributed by atoms with Crippen molar-refractivity contribution < 1.29 is 18.0 Å². The summed E-state index contributed by atoms with van der Waals surface area (Å²) in [6.07, 6.45) is -1.76. The van der Waals surface area contributed by atoms with E-state index in [0.29, 0.717) is 12.1 Å². The normalized spacial score (nSPS) is 12.9. The maximum absolute atomic E-state index is 13.2. The molecule has 0 saturated carbocycles. The topological polar surface area (TPSA) is 44.9 Å². The number of amides is 1. The van der Waals surface area contributed by atoms with Gasteiger partial charge in [0.25, 0.3) is 0 Å². The van der Waals surface area contributed by atoms with Crippen molar-refractivity contribution in [2.75, 3.05) is 6.54 Å². The van der Waals surface area contributed by atoms with E-state index in [9.17, 15) is 18.0 Å². The number of aromatic nitrogens is 1. The Bertz CT molecular complexity index is 930. The summed E-state index contributed by atoms with van der Waals surface area (Å²) < 4.78 is 39.5. The molecule has 1 aromatic heterocycles. The summed E-state index contributed by atoms with van der Waals surface area (Å²) in [6.45, 7) is 2.49. The molecule has 1 atom stereocenters. The van der Waals surface area contributed by atoms with Gasteiger partial charge in [0.15, 0.2) is 0 Å². The molecule has 0 aliphatic carbocycles. The number of carbonyl (C=O) groups is 1. The molecule has 0 spiro atoms. The van der Waals surface area contributed by atoms with E-state index in [0.717, 1.165) is 35.0 Å². The highest BCUT2D eigenvalue weighted by Crippen LogP contribution is 2.36. The van der Waals surface area contributed by atoms with Crippen LogP contribution in [0, 0.1) is 0 Å². The van der Waals surface area contributed by atoms with Crippen LogP contribution in [0.1, 0.15) is 42.4 Å². The molecule has 3 nitrogen and oxygen atoms in total. The zero-order chi connectivity index (χ0) is 19.4. The van der Waals surface area contributed by atoms with E-state index in [-0.39, 0.29) is 12.3 Å². The van der Waals surface area contributed by atoms with Crippen LogP contribution < -0.4 is 5.32 Å². The van der Waals surface area contributed by atoms with E-state index >= 15 is 0 Å². The van der Waals surface area contributed by atoms with E-state index in [1.54, 1.807) is 12.3 Å². The van der Waals surface area contributed by atoms with Gasteiger partial charge in [-0.25, -0.2) is 0 Å². The van der Waals surface area contributed by atoms with Gasteiger partial charge in [-0.15, -0.1) is 0 Å². The minimum absolute atomic E-state index is 0.0865. The number of nitrogens with one attached hydrogen (secondary N) is 2. The lowest BCUT2D eigenvalue weighted by Gasteiger charge is -2.19. The molecule has 0 unspecified atom stereocenters. The first-order chi connectivity index (χ1) is 12.9.